The normalized spacial score (nSPS) is 10.7. The lowest BCUT2D eigenvalue weighted by molar-refractivity contribution is 1.10. The zero-order chi connectivity index (χ0) is 14.1. The summed E-state index contributed by atoms with van der Waals surface area (Å²) in [6.07, 6.45) is 0. The molecule has 0 saturated heterocycles. The third-order valence-corrected chi connectivity index (χ3v) is 4.70. The third-order valence-electron chi connectivity index (χ3n) is 2.73. The van der Waals surface area contributed by atoms with Crippen LogP contribution in [0.25, 0.3) is 22.1 Å². The van der Waals surface area contributed by atoms with Crippen molar-refractivity contribution >= 4 is 33.9 Å². The monoisotopic (exact) mass is 395 g/mol. The molecule has 4 nitrogen and oxygen atoms in total. The van der Waals surface area contributed by atoms with E-state index in [0.29, 0.717) is 15.1 Å². The lowest BCUT2D eigenvalue weighted by Crippen LogP contribution is -2.14. The smallest absolute Gasteiger partial charge is 0.265 e. The molecule has 0 radical (unpaired) electrons. The van der Waals surface area contributed by atoms with Gasteiger partial charge in [0.05, 0.1) is 5.69 Å². The molecule has 2 aromatic heterocycles. The Kier molecular flexibility index (Phi) is 3.66. The molecule has 100 valence electrons. The Morgan fingerprint density at radius 3 is 2.60 bits per heavy atom. The van der Waals surface area contributed by atoms with Crippen LogP contribution in [0.15, 0.2) is 40.5 Å². The number of nitrogens with zero attached hydrogens (tertiary/aromatic N) is 2. The summed E-state index contributed by atoms with van der Waals surface area (Å²) in [6.45, 7) is 1.92. The van der Waals surface area contributed by atoms with E-state index in [9.17, 15) is 4.79 Å². The number of benzene rings is 1. The summed E-state index contributed by atoms with van der Waals surface area (Å²) >= 11 is 3.50. The standard InChI is InChI=1S/C14H10IN3OS/c1-8-7-20-14(16-8)12-17-11(10(15)13(19)18-12)9-5-3-2-4-6-9/h2-7H,1H3,(H,17,18,19). The van der Waals surface area contributed by atoms with Crippen molar-refractivity contribution in [2.24, 2.45) is 0 Å². The van der Waals surface area contributed by atoms with Gasteiger partial charge in [0, 0.05) is 16.6 Å². The molecule has 2 heterocycles. The van der Waals surface area contributed by atoms with Crippen LogP contribution in [0.3, 0.4) is 0 Å². The zero-order valence-electron chi connectivity index (χ0n) is 10.6. The fourth-order valence-electron chi connectivity index (χ4n) is 1.81. The van der Waals surface area contributed by atoms with E-state index in [4.69, 9.17) is 0 Å². The maximum Gasteiger partial charge on any atom is 0.265 e. The van der Waals surface area contributed by atoms with Crippen LogP contribution in [0.4, 0.5) is 0 Å². The van der Waals surface area contributed by atoms with Gasteiger partial charge in [0.15, 0.2) is 10.8 Å². The number of nitrogens with one attached hydrogen (secondary N) is 1. The van der Waals surface area contributed by atoms with Crippen molar-refractivity contribution in [2.45, 2.75) is 6.92 Å². The summed E-state index contributed by atoms with van der Waals surface area (Å²) in [4.78, 5) is 23.8. The van der Waals surface area contributed by atoms with Crippen LogP contribution >= 0.6 is 33.9 Å². The lowest BCUT2D eigenvalue weighted by Gasteiger charge is -2.05. The molecule has 1 N–H and O–H groups in total. The molecule has 0 fully saturated rings. The van der Waals surface area contributed by atoms with Crippen molar-refractivity contribution in [3.8, 4) is 22.1 Å². The highest BCUT2D eigenvalue weighted by atomic mass is 127. The Labute approximate surface area is 133 Å². The van der Waals surface area contributed by atoms with Crippen LogP contribution in [0.1, 0.15) is 5.69 Å². The number of rotatable bonds is 2. The average Bonchev–Trinajstić information content (AvgIpc) is 2.89. The van der Waals surface area contributed by atoms with Crippen LogP contribution in [0, 0.1) is 10.5 Å². The Morgan fingerprint density at radius 2 is 1.95 bits per heavy atom. The van der Waals surface area contributed by atoms with Crippen LogP contribution < -0.4 is 5.56 Å². The van der Waals surface area contributed by atoms with Crippen molar-refractivity contribution in [3.05, 3.63) is 55.3 Å². The molecule has 0 aliphatic carbocycles. The molecule has 0 unspecified atom stereocenters. The Balaban J connectivity index is 2.21. The van der Waals surface area contributed by atoms with Gasteiger partial charge in [-0.2, -0.15) is 0 Å². The van der Waals surface area contributed by atoms with Crippen molar-refractivity contribution in [1.29, 1.82) is 0 Å². The minimum absolute atomic E-state index is 0.137. The highest BCUT2D eigenvalue weighted by molar-refractivity contribution is 14.1. The molecule has 1 aromatic carbocycles. The lowest BCUT2D eigenvalue weighted by atomic mass is 10.1. The van der Waals surface area contributed by atoms with E-state index in [1.807, 2.05) is 65.2 Å². The van der Waals surface area contributed by atoms with Gasteiger partial charge in [0.2, 0.25) is 0 Å². The topological polar surface area (TPSA) is 58.6 Å². The Bertz CT molecular complexity index is 811. The number of aryl methyl sites for hydroxylation is 1. The average molecular weight is 395 g/mol. The molecule has 3 rings (SSSR count). The molecular formula is C14H10IN3OS. The minimum Gasteiger partial charge on any atom is -0.304 e. The second-order valence-corrected chi connectivity index (χ2v) is 6.17. The first-order valence-electron chi connectivity index (χ1n) is 5.93. The molecule has 20 heavy (non-hydrogen) atoms. The van der Waals surface area contributed by atoms with Gasteiger partial charge in [-0.3, -0.25) is 4.79 Å². The van der Waals surface area contributed by atoms with Gasteiger partial charge in [-0.15, -0.1) is 11.3 Å². The van der Waals surface area contributed by atoms with Gasteiger partial charge in [0.25, 0.3) is 5.56 Å². The van der Waals surface area contributed by atoms with Crippen molar-refractivity contribution < 1.29 is 0 Å². The fraction of sp³-hybridized carbons (Fsp3) is 0.0714. The van der Waals surface area contributed by atoms with Gasteiger partial charge in [-0.25, -0.2) is 9.97 Å². The van der Waals surface area contributed by atoms with Gasteiger partial charge < -0.3 is 4.98 Å². The van der Waals surface area contributed by atoms with Crippen LogP contribution in [0.2, 0.25) is 0 Å². The predicted molar refractivity (Wildman–Crippen MR) is 88.9 cm³/mol. The maximum atomic E-state index is 12.1. The number of hydrogen-bond acceptors (Lipinski definition) is 4. The minimum atomic E-state index is -0.137. The molecule has 0 bridgehead atoms. The van der Waals surface area contributed by atoms with Gasteiger partial charge in [0.1, 0.15) is 3.57 Å². The van der Waals surface area contributed by atoms with Crippen LogP contribution in [0.5, 0.6) is 0 Å². The first-order valence-corrected chi connectivity index (χ1v) is 7.89. The first-order chi connectivity index (χ1) is 9.65. The SMILES string of the molecule is Cc1csc(-c2nc(-c3ccccc3)c(I)c(=O)[nH]2)n1. The van der Waals surface area contributed by atoms with E-state index in [0.717, 1.165) is 16.3 Å². The molecule has 0 atom stereocenters. The fourth-order valence-corrected chi connectivity index (χ4v) is 3.12. The summed E-state index contributed by atoms with van der Waals surface area (Å²) in [5.74, 6) is 0.521. The number of halogens is 1. The summed E-state index contributed by atoms with van der Waals surface area (Å²) in [6, 6.07) is 9.69. The highest BCUT2D eigenvalue weighted by Gasteiger charge is 2.13. The van der Waals surface area contributed by atoms with Crippen LogP contribution in [-0.4, -0.2) is 15.0 Å². The van der Waals surface area contributed by atoms with Crippen molar-refractivity contribution in [1.82, 2.24) is 15.0 Å². The molecule has 3 aromatic rings. The Hall–Kier alpha value is -1.54. The zero-order valence-corrected chi connectivity index (χ0v) is 13.5. The van der Waals surface area contributed by atoms with E-state index in [1.165, 1.54) is 11.3 Å². The van der Waals surface area contributed by atoms with Gasteiger partial charge >= 0.3 is 0 Å². The van der Waals surface area contributed by atoms with E-state index < -0.39 is 0 Å². The second-order valence-electron chi connectivity index (χ2n) is 4.24. The number of thiazole rings is 1. The van der Waals surface area contributed by atoms with E-state index in [1.54, 1.807) is 0 Å². The molecule has 0 amide bonds. The molecule has 0 aliphatic heterocycles. The molecule has 0 saturated carbocycles. The number of hydrogen-bond donors (Lipinski definition) is 1. The summed E-state index contributed by atoms with van der Waals surface area (Å²) in [7, 11) is 0. The Morgan fingerprint density at radius 1 is 1.20 bits per heavy atom. The second kappa shape index (κ2) is 5.45. The van der Waals surface area contributed by atoms with Crippen LogP contribution in [-0.2, 0) is 0 Å². The molecular weight excluding hydrogens is 385 g/mol. The number of H-pyrrole nitrogens is 1. The quantitative estimate of drug-likeness (QED) is 0.676. The van der Waals surface area contributed by atoms with Crippen molar-refractivity contribution in [2.75, 3.05) is 0 Å². The predicted octanol–water partition coefficient (Wildman–Crippen LogP) is 3.47. The third kappa shape index (κ3) is 2.53. The molecule has 6 heteroatoms. The summed E-state index contributed by atoms with van der Waals surface area (Å²) < 4.78 is 0.589. The maximum absolute atomic E-state index is 12.1. The number of aromatic amines is 1. The first kappa shape index (κ1) is 13.4. The summed E-state index contributed by atoms with van der Waals surface area (Å²) in [5, 5.41) is 2.67. The number of aromatic nitrogens is 3. The van der Waals surface area contributed by atoms with Gasteiger partial charge in [-0.1, -0.05) is 30.3 Å². The van der Waals surface area contributed by atoms with E-state index in [-0.39, 0.29) is 5.56 Å². The largest absolute Gasteiger partial charge is 0.304 e. The van der Waals surface area contributed by atoms with E-state index >= 15 is 0 Å². The molecule has 0 aliphatic rings. The molecule has 0 spiro atoms. The highest BCUT2D eigenvalue weighted by Crippen LogP contribution is 2.25. The van der Waals surface area contributed by atoms with E-state index in [2.05, 4.69) is 15.0 Å². The van der Waals surface area contributed by atoms with Gasteiger partial charge in [-0.05, 0) is 29.5 Å². The summed E-state index contributed by atoms with van der Waals surface area (Å²) in [5.41, 5.74) is 2.41. The van der Waals surface area contributed by atoms with Crippen molar-refractivity contribution in [3.63, 3.8) is 0 Å².